The van der Waals surface area contributed by atoms with Gasteiger partial charge in [0.2, 0.25) is 5.91 Å². The highest BCUT2D eigenvalue weighted by Crippen LogP contribution is 1.88. The summed E-state index contributed by atoms with van der Waals surface area (Å²) < 4.78 is 0. The second kappa shape index (κ2) is 4.33. The molecule has 0 aromatic carbocycles. The summed E-state index contributed by atoms with van der Waals surface area (Å²) in [6.07, 6.45) is -0.111. The van der Waals surface area contributed by atoms with Crippen molar-refractivity contribution in [3.05, 3.63) is 0 Å². The van der Waals surface area contributed by atoms with Crippen LogP contribution in [0.15, 0.2) is 0 Å². The molecule has 0 saturated heterocycles. The van der Waals surface area contributed by atoms with E-state index < -0.39 is 13.2 Å². The molecule has 0 heterocycles. The molecule has 5 nitrogen and oxygen atoms in total. The molecular formula is C5H13BN2O3. The summed E-state index contributed by atoms with van der Waals surface area (Å²) in [5.74, 6) is -0.307. The van der Waals surface area contributed by atoms with Gasteiger partial charge in [0, 0.05) is 7.05 Å². The molecule has 0 saturated carbocycles. The number of nitrogens with zero attached hydrogens (tertiary/aromatic N) is 1. The third kappa shape index (κ3) is 3.97. The van der Waals surface area contributed by atoms with Gasteiger partial charge >= 0.3 is 7.12 Å². The van der Waals surface area contributed by atoms with Crippen molar-refractivity contribution in [2.75, 3.05) is 13.5 Å². The van der Waals surface area contributed by atoms with Crippen molar-refractivity contribution in [1.82, 2.24) is 4.90 Å². The number of carbonyl (C=O) groups excluding carboxylic acids is 1. The van der Waals surface area contributed by atoms with Crippen LogP contribution in [-0.4, -0.2) is 47.5 Å². The van der Waals surface area contributed by atoms with Crippen LogP contribution in [0.5, 0.6) is 0 Å². The number of rotatable bonds is 3. The molecule has 0 aromatic heterocycles. The maximum Gasteiger partial charge on any atom is 0.472 e. The summed E-state index contributed by atoms with van der Waals surface area (Å²) in [7, 11) is -0.0341. The molecule has 0 spiro atoms. The minimum Gasteiger partial charge on any atom is -0.426 e. The number of likely N-dealkylation sites (N-methyl/N-ethyl adjacent to an activating group) is 1. The molecule has 0 rings (SSSR count). The minimum atomic E-state index is -1.50. The van der Waals surface area contributed by atoms with Crippen LogP contribution in [0.4, 0.5) is 0 Å². The molecule has 0 aliphatic heterocycles. The van der Waals surface area contributed by atoms with Crippen LogP contribution in [0.2, 0.25) is 0 Å². The summed E-state index contributed by atoms with van der Waals surface area (Å²) in [5, 5.41) is 16.9. The normalized spacial score (nSPS) is 12.5. The Morgan fingerprint density at radius 1 is 1.73 bits per heavy atom. The summed E-state index contributed by atoms with van der Waals surface area (Å²) in [4.78, 5) is 12.1. The van der Waals surface area contributed by atoms with Gasteiger partial charge in [-0.1, -0.05) is 0 Å². The molecule has 1 atom stereocenters. The lowest BCUT2D eigenvalue weighted by Gasteiger charge is -2.18. The Balaban J connectivity index is 3.83. The van der Waals surface area contributed by atoms with Crippen LogP contribution in [0, 0.1) is 0 Å². The average molecular weight is 160 g/mol. The first-order valence-electron chi connectivity index (χ1n) is 3.32. The van der Waals surface area contributed by atoms with Gasteiger partial charge in [0.1, 0.15) is 0 Å². The van der Waals surface area contributed by atoms with Crippen LogP contribution >= 0.6 is 0 Å². The molecule has 0 fully saturated rings. The fraction of sp³-hybridized carbons (Fsp3) is 0.800. The van der Waals surface area contributed by atoms with Gasteiger partial charge in [-0.25, -0.2) is 0 Å². The Morgan fingerprint density at radius 3 is 2.45 bits per heavy atom. The molecule has 0 aliphatic rings. The molecule has 0 aromatic rings. The highest BCUT2D eigenvalue weighted by atomic mass is 16.4. The van der Waals surface area contributed by atoms with Crippen molar-refractivity contribution in [3.8, 4) is 0 Å². The molecule has 0 radical (unpaired) electrons. The number of carbonyl (C=O) groups is 1. The summed E-state index contributed by atoms with van der Waals surface area (Å²) in [6.45, 7) is 1.54. The molecule has 6 heteroatoms. The Bertz CT molecular complexity index is 140. The lowest BCUT2D eigenvalue weighted by Crippen LogP contribution is -2.44. The predicted molar refractivity (Wildman–Crippen MR) is 41.5 cm³/mol. The standard InChI is InChI=1S/C5H13BN2O3/c1-4(7)5(9)8(2)3-6(10)11/h4,10-11H,3,7H2,1-2H3/t4-/m0/s1. The van der Waals surface area contributed by atoms with E-state index >= 15 is 0 Å². The largest absolute Gasteiger partial charge is 0.472 e. The van der Waals surface area contributed by atoms with E-state index in [1.165, 1.54) is 11.9 Å². The first-order chi connectivity index (χ1) is 4.95. The predicted octanol–water partition coefficient (Wildman–Crippen LogP) is -2.20. The van der Waals surface area contributed by atoms with Gasteiger partial charge < -0.3 is 20.7 Å². The van der Waals surface area contributed by atoms with Gasteiger partial charge in [-0.2, -0.15) is 0 Å². The van der Waals surface area contributed by atoms with Crippen molar-refractivity contribution in [1.29, 1.82) is 0 Å². The third-order valence-electron chi connectivity index (χ3n) is 1.20. The topological polar surface area (TPSA) is 86.8 Å². The molecule has 4 N–H and O–H groups in total. The van der Waals surface area contributed by atoms with Crippen LogP contribution in [0.25, 0.3) is 0 Å². The number of hydrogen-bond donors (Lipinski definition) is 3. The Hall–Kier alpha value is -0.585. The van der Waals surface area contributed by atoms with Crippen molar-refractivity contribution >= 4 is 13.0 Å². The zero-order valence-corrected chi connectivity index (χ0v) is 6.69. The van der Waals surface area contributed by atoms with Gasteiger partial charge in [0.15, 0.2) is 0 Å². The van der Waals surface area contributed by atoms with E-state index in [2.05, 4.69) is 0 Å². The Kier molecular flexibility index (Phi) is 4.10. The number of hydrogen-bond acceptors (Lipinski definition) is 4. The highest BCUT2D eigenvalue weighted by Gasteiger charge is 2.18. The number of nitrogens with two attached hydrogens (primary N) is 1. The zero-order chi connectivity index (χ0) is 9.02. The minimum absolute atomic E-state index is 0.111. The second-order valence-electron chi connectivity index (χ2n) is 2.49. The summed E-state index contributed by atoms with van der Waals surface area (Å²) in [5.41, 5.74) is 5.26. The monoisotopic (exact) mass is 160 g/mol. The van der Waals surface area contributed by atoms with Gasteiger partial charge in [-0.3, -0.25) is 4.79 Å². The van der Waals surface area contributed by atoms with E-state index in [9.17, 15) is 4.79 Å². The van der Waals surface area contributed by atoms with Crippen LogP contribution < -0.4 is 5.73 Å². The van der Waals surface area contributed by atoms with Crippen LogP contribution in [0.1, 0.15) is 6.92 Å². The quantitative estimate of drug-likeness (QED) is 0.409. The van der Waals surface area contributed by atoms with Crippen molar-refractivity contribution < 1.29 is 14.8 Å². The maximum absolute atomic E-state index is 11.0. The zero-order valence-electron chi connectivity index (χ0n) is 6.69. The summed E-state index contributed by atoms with van der Waals surface area (Å²) in [6, 6.07) is -0.598. The van der Waals surface area contributed by atoms with Gasteiger partial charge in [-0.05, 0) is 6.92 Å². The van der Waals surface area contributed by atoms with Crippen molar-refractivity contribution in [2.24, 2.45) is 5.73 Å². The molecule has 0 aliphatic carbocycles. The van der Waals surface area contributed by atoms with E-state index in [1.807, 2.05) is 0 Å². The molecule has 1 amide bonds. The SMILES string of the molecule is C[C@H](N)C(=O)N(C)CB(O)O. The van der Waals surface area contributed by atoms with Crippen molar-refractivity contribution in [2.45, 2.75) is 13.0 Å². The fourth-order valence-electron chi connectivity index (χ4n) is 0.683. The van der Waals surface area contributed by atoms with E-state index in [0.717, 1.165) is 0 Å². The van der Waals surface area contributed by atoms with Gasteiger partial charge in [-0.15, -0.1) is 0 Å². The number of amides is 1. The van der Waals surface area contributed by atoms with E-state index in [4.69, 9.17) is 15.8 Å². The third-order valence-corrected chi connectivity index (χ3v) is 1.20. The molecule has 0 bridgehead atoms. The molecule has 0 unspecified atom stereocenters. The Labute approximate surface area is 65.9 Å². The average Bonchev–Trinajstić information content (AvgIpc) is 1.84. The fourth-order valence-corrected chi connectivity index (χ4v) is 0.683. The van der Waals surface area contributed by atoms with Crippen LogP contribution in [0.3, 0.4) is 0 Å². The first kappa shape index (κ1) is 10.4. The molecule has 11 heavy (non-hydrogen) atoms. The molecular weight excluding hydrogens is 147 g/mol. The smallest absolute Gasteiger partial charge is 0.426 e. The maximum atomic E-state index is 11.0. The lowest BCUT2D eigenvalue weighted by atomic mass is 9.91. The van der Waals surface area contributed by atoms with Gasteiger partial charge in [0.05, 0.1) is 12.5 Å². The second-order valence-corrected chi connectivity index (χ2v) is 2.49. The van der Waals surface area contributed by atoms with E-state index in [0.29, 0.717) is 0 Å². The Morgan fingerprint density at radius 2 is 2.18 bits per heavy atom. The summed E-state index contributed by atoms with van der Waals surface area (Å²) >= 11 is 0. The van der Waals surface area contributed by atoms with Gasteiger partial charge in [0.25, 0.3) is 0 Å². The van der Waals surface area contributed by atoms with Crippen molar-refractivity contribution in [3.63, 3.8) is 0 Å². The van der Waals surface area contributed by atoms with E-state index in [-0.39, 0.29) is 12.4 Å². The molecule has 64 valence electrons. The first-order valence-corrected chi connectivity index (χ1v) is 3.32. The van der Waals surface area contributed by atoms with Crippen LogP contribution in [-0.2, 0) is 4.79 Å². The van der Waals surface area contributed by atoms with E-state index in [1.54, 1.807) is 6.92 Å². The lowest BCUT2D eigenvalue weighted by molar-refractivity contribution is -0.130. The highest BCUT2D eigenvalue weighted by molar-refractivity contribution is 6.41.